The van der Waals surface area contributed by atoms with Gasteiger partial charge < -0.3 is 14.2 Å². The van der Waals surface area contributed by atoms with Crippen molar-refractivity contribution in [3.8, 4) is 17.3 Å². The summed E-state index contributed by atoms with van der Waals surface area (Å²) < 4.78 is 11.1. The monoisotopic (exact) mass is 379 g/mol. The van der Waals surface area contributed by atoms with Crippen LogP contribution in [0.4, 0.5) is 5.69 Å². The van der Waals surface area contributed by atoms with E-state index in [1.807, 2.05) is 51.1 Å². The lowest BCUT2D eigenvalue weighted by molar-refractivity contribution is -0.117. The van der Waals surface area contributed by atoms with Gasteiger partial charge in [-0.05, 0) is 57.2 Å². The Labute approximate surface area is 162 Å². The number of carbonyl (C=O) groups excluding carboxylic acids is 1. The maximum atomic E-state index is 12.5. The van der Waals surface area contributed by atoms with Gasteiger partial charge in [-0.25, -0.2) is 0 Å². The summed E-state index contributed by atoms with van der Waals surface area (Å²) in [7, 11) is 0. The van der Waals surface area contributed by atoms with Crippen LogP contribution < -0.4 is 9.64 Å². The molecule has 0 aliphatic carbocycles. The number of aromatic nitrogens is 4. The van der Waals surface area contributed by atoms with Crippen LogP contribution in [0.3, 0.4) is 0 Å². The predicted molar refractivity (Wildman–Crippen MR) is 102 cm³/mol. The number of hydrogen-bond donors (Lipinski definition) is 0. The van der Waals surface area contributed by atoms with Crippen LogP contribution in [0.25, 0.3) is 11.5 Å². The van der Waals surface area contributed by atoms with Crippen LogP contribution in [-0.2, 0) is 4.79 Å². The highest BCUT2D eigenvalue weighted by Gasteiger charge is 2.35. The molecule has 1 saturated heterocycles. The molecule has 1 aromatic carbocycles. The molecule has 144 valence electrons. The highest BCUT2D eigenvalue weighted by Crippen LogP contribution is 2.32. The number of nitrogens with zero attached hydrogens (tertiary/aromatic N) is 5. The molecule has 2 aromatic heterocycles. The third-order valence-electron chi connectivity index (χ3n) is 4.46. The molecule has 0 radical (unpaired) electrons. The second kappa shape index (κ2) is 7.38. The average Bonchev–Trinajstić information content (AvgIpc) is 3.30. The van der Waals surface area contributed by atoms with E-state index in [-0.39, 0.29) is 17.9 Å². The summed E-state index contributed by atoms with van der Waals surface area (Å²) in [5.41, 5.74) is 2.18. The molecular formula is C20H21N5O3. The first kappa shape index (κ1) is 18.1. The van der Waals surface area contributed by atoms with E-state index in [0.29, 0.717) is 30.4 Å². The molecule has 4 rings (SSSR count). The fourth-order valence-electron chi connectivity index (χ4n) is 3.12. The van der Waals surface area contributed by atoms with Crippen molar-refractivity contribution in [2.75, 3.05) is 11.4 Å². The van der Waals surface area contributed by atoms with Gasteiger partial charge in [-0.3, -0.25) is 4.79 Å². The Bertz CT molecular complexity index is 966. The Morgan fingerprint density at radius 3 is 2.61 bits per heavy atom. The van der Waals surface area contributed by atoms with Crippen molar-refractivity contribution in [3.05, 3.63) is 48.0 Å². The lowest BCUT2D eigenvalue weighted by Gasteiger charge is -2.17. The minimum Gasteiger partial charge on any atom is -0.491 e. The largest absolute Gasteiger partial charge is 0.491 e. The van der Waals surface area contributed by atoms with E-state index in [9.17, 15) is 4.79 Å². The highest BCUT2D eigenvalue weighted by molar-refractivity contribution is 5.96. The van der Waals surface area contributed by atoms with Crippen LogP contribution >= 0.6 is 0 Å². The molecule has 0 spiro atoms. The summed E-state index contributed by atoms with van der Waals surface area (Å²) in [6.45, 7) is 6.30. The zero-order valence-corrected chi connectivity index (χ0v) is 16.0. The fraction of sp³-hybridized carbons (Fsp3) is 0.350. The molecule has 3 heterocycles. The third-order valence-corrected chi connectivity index (χ3v) is 4.46. The van der Waals surface area contributed by atoms with Gasteiger partial charge in [-0.2, -0.15) is 10.1 Å². The molecular weight excluding hydrogens is 358 g/mol. The Balaban J connectivity index is 1.48. The summed E-state index contributed by atoms with van der Waals surface area (Å²) in [5, 5.41) is 12.1. The average molecular weight is 379 g/mol. The maximum Gasteiger partial charge on any atom is 0.232 e. The minimum absolute atomic E-state index is 0.0254. The van der Waals surface area contributed by atoms with E-state index >= 15 is 0 Å². The predicted octanol–water partition coefficient (Wildman–Crippen LogP) is 3.14. The van der Waals surface area contributed by atoms with Crippen molar-refractivity contribution in [1.82, 2.24) is 20.3 Å². The zero-order valence-electron chi connectivity index (χ0n) is 16.0. The van der Waals surface area contributed by atoms with Crippen LogP contribution in [0.15, 0.2) is 40.9 Å². The Kier molecular flexibility index (Phi) is 4.77. The van der Waals surface area contributed by atoms with Crippen molar-refractivity contribution >= 4 is 11.6 Å². The van der Waals surface area contributed by atoms with E-state index in [4.69, 9.17) is 9.26 Å². The van der Waals surface area contributed by atoms with E-state index in [1.165, 1.54) is 0 Å². The number of aryl methyl sites for hydroxylation is 1. The lowest BCUT2D eigenvalue weighted by atomic mass is 10.1. The molecule has 1 fully saturated rings. The van der Waals surface area contributed by atoms with Gasteiger partial charge in [0, 0.05) is 18.7 Å². The van der Waals surface area contributed by atoms with Crippen molar-refractivity contribution in [1.29, 1.82) is 0 Å². The number of amides is 1. The fourth-order valence-corrected chi connectivity index (χ4v) is 3.12. The van der Waals surface area contributed by atoms with Gasteiger partial charge in [0.15, 0.2) is 0 Å². The SMILES string of the molecule is Cc1ccc(-c2noc(C3CC(=O)N(c4ccc(OC(C)C)cc4)C3)n2)nn1. The lowest BCUT2D eigenvalue weighted by Crippen LogP contribution is -2.24. The van der Waals surface area contributed by atoms with Crippen molar-refractivity contribution in [2.24, 2.45) is 0 Å². The summed E-state index contributed by atoms with van der Waals surface area (Å²) in [6, 6.07) is 11.2. The second-order valence-electron chi connectivity index (χ2n) is 7.08. The van der Waals surface area contributed by atoms with Crippen LogP contribution in [0, 0.1) is 6.92 Å². The summed E-state index contributed by atoms with van der Waals surface area (Å²) in [4.78, 5) is 18.7. The molecule has 8 nitrogen and oxygen atoms in total. The van der Waals surface area contributed by atoms with Crippen LogP contribution in [0.5, 0.6) is 5.75 Å². The van der Waals surface area contributed by atoms with E-state index in [0.717, 1.165) is 17.1 Å². The van der Waals surface area contributed by atoms with Crippen molar-refractivity contribution in [2.45, 2.75) is 39.2 Å². The standard InChI is InChI=1S/C20H21N5O3/c1-12(2)27-16-7-5-15(6-8-16)25-11-14(10-18(25)26)20-21-19(24-28-20)17-9-4-13(3)22-23-17/h4-9,12,14H,10-11H2,1-3H3. The molecule has 1 aliphatic rings. The molecule has 1 unspecified atom stereocenters. The van der Waals surface area contributed by atoms with Crippen molar-refractivity contribution < 1.29 is 14.1 Å². The maximum absolute atomic E-state index is 12.5. The normalized spacial score (nSPS) is 16.8. The molecule has 0 N–H and O–H groups in total. The molecule has 3 aromatic rings. The van der Waals surface area contributed by atoms with Gasteiger partial charge in [0.05, 0.1) is 17.7 Å². The summed E-state index contributed by atoms with van der Waals surface area (Å²) >= 11 is 0. The molecule has 0 bridgehead atoms. The zero-order chi connectivity index (χ0) is 19.7. The molecule has 0 saturated carbocycles. The molecule has 28 heavy (non-hydrogen) atoms. The highest BCUT2D eigenvalue weighted by atomic mass is 16.5. The number of benzene rings is 1. The molecule has 1 aliphatic heterocycles. The van der Waals surface area contributed by atoms with Gasteiger partial charge >= 0.3 is 0 Å². The van der Waals surface area contributed by atoms with E-state index in [2.05, 4.69) is 20.3 Å². The number of rotatable bonds is 5. The molecule has 1 amide bonds. The Morgan fingerprint density at radius 1 is 1.14 bits per heavy atom. The topological polar surface area (TPSA) is 94.2 Å². The van der Waals surface area contributed by atoms with Gasteiger partial charge in [0.25, 0.3) is 0 Å². The van der Waals surface area contributed by atoms with Gasteiger partial charge in [0.2, 0.25) is 17.6 Å². The van der Waals surface area contributed by atoms with Crippen LogP contribution in [0.1, 0.15) is 37.8 Å². The number of carbonyl (C=O) groups is 1. The number of hydrogen-bond acceptors (Lipinski definition) is 7. The Morgan fingerprint density at radius 2 is 1.93 bits per heavy atom. The first-order valence-corrected chi connectivity index (χ1v) is 9.21. The van der Waals surface area contributed by atoms with Crippen LogP contribution in [-0.4, -0.2) is 38.9 Å². The van der Waals surface area contributed by atoms with Gasteiger partial charge in [-0.1, -0.05) is 5.16 Å². The van der Waals surface area contributed by atoms with E-state index < -0.39 is 0 Å². The van der Waals surface area contributed by atoms with Gasteiger partial charge in [-0.15, -0.1) is 5.10 Å². The van der Waals surface area contributed by atoms with E-state index in [1.54, 1.807) is 11.0 Å². The Hall–Kier alpha value is -3.29. The minimum atomic E-state index is -0.154. The number of anilines is 1. The first-order chi connectivity index (χ1) is 13.5. The van der Waals surface area contributed by atoms with Gasteiger partial charge in [0.1, 0.15) is 11.4 Å². The first-order valence-electron chi connectivity index (χ1n) is 9.21. The molecule has 1 atom stereocenters. The second-order valence-corrected chi connectivity index (χ2v) is 7.08. The summed E-state index contributed by atoms with van der Waals surface area (Å²) in [5.74, 6) is 1.47. The number of ether oxygens (including phenoxy) is 1. The quantitative estimate of drug-likeness (QED) is 0.672. The van der Waals surface area contributed by atoms with Crippen molar-refractivity contribution in [3.63, 3.8) is 0 Å². The smallest absolute Gasteiger partial charge is 0.232 e. The molecule has 8 heteroatoms. The third kappa shape index (κ3) is 3.71. The van der Waals surface area contributed by atoms with Crippen LogP contribution in [0.2, 0.25) is 0 Å². The summed E-state index contributed by atoms with van der Waals surface area (Å²) in [6.07, 6.45) is 0.430.